The van der Waals surface area contributed by atoms with Crippen molar-refractivity contribution in [2.45, 2.75) is 19.4 Å². The van der Waals surface area contributed by atoms with E-state index in [1.165, 1.54) is 0 Å². The van der Waals surface area contributed by atoms with Crippen molar-refractivity contribution in [2.75, 3.05) is 0 Å². The highest BCUT2D eigenvalue weighted by atomic mass is 127. The predicted molar refractivity (Wildman–Crippen MR) is 63.3 cm³/mol. The molecule has 0 spiro atoms. The Bertz CT molecular complexity index is 352. The quantitative estimate of drug-likeness (QED) is 0.843. The second-order valence-corrected chi connectivity index (χ2v) is 4.22. The highest BCUT2D eigenvalue weighted by Gasteiger charge is 2.11. The van der Waals surface area contributed by atoms with E-state index in [0.717, 1.165) is 15.6 Å². The molecule has 1 atom stereocenters. The molecule has 14 heavy (non-hydrogen) atoms. The first-order chi connectivity index (χ1) is 6.56. The Kier molecular flexibility index (Phi) is 3.88. The molecule has 3 nitrogen and oxygen atoms in total. The van der Waals surface area contributed by atoms with Gasteiger partial charge in [0.2, 0.25) is 0 Å². The molecule has 0 aromatic heterocycles. The van der Waals surface area contributed by atoms with Crippen LogP contribution >= 0.6 is 22.6 Å². The van der Waals surface area contributed by atoms with Crippen molar-refractivity contribution in [3.05, 3.63) is 32.9 Å². The standard InChI is InChI=1S/C10H12INO2/c1-2-9(12)7-5-6(10(13)14)3-4-8(7)11/h3-5,9H,2,12H2,1H3,(H,13,14)/t9-/m0/s1. The van der Waals surface area contributed by atoms with E-state index in [2.05, 4.69) is 22.6 Å². The molecule has 76 valence electrons. The molecule has 0 aliphatic rings. The summed E-state index contributed by atoms with van der Waals surface area (Å²) in [5, 5.41) is 8.81. The molecular formula is C10H12INO2. The number of carbonyl (C=O) groups is 1. The summed E-state index contributed by atoms with van der Waals surface area (Å²) in [4.78, 5) is 10.7. The molecule has 0 aliphatic heterocycles. The Morgan fingerprint density at radius 1 is 1.64 bits per heavy atom. The van der Waals surface area contributed by atoms with Crippen LogP contribution in [0.4, 0.5) is 0 Å². The van der Waals surface area contributed by atoms with E-state index in [4.69, 9.17) is 10.8 Å². The minimum Gasteiger partial charge on any atom is -0.478 e. The van der Waals surface area contributed by atoms with E-state index >= 15 is 0 Å². The number of hydrogen-bond donors (Lipinski definition) is 2. The van der Waals surface area contributed by atoms with Crippen LogP contribution in [0, 0.1) is 3.57 Å². The van der Waals surface area contributed by atoms with Crippen LogP contribution in [0.3, 0.4) is 0 Å². The number of benzene rings is 1. The minimum absolute atomic E-state index is 0.0822. The van der Waals surface area contributed by atoms with E-state index in [-0.39, 0.29) is 6.04 Å². The zero-order chi connectivity index (χ0) is 10.7. The summed E-state index contributed by atoms with van der Waals surface area (Å²) in [7, 11) is 0. The van der Waals surface area contributed by atoms with Crippen molar-refractivity contribution in [1.29, 1.82) is 0 Å². The number of hydrogen-bond acceptors (Lipinski definition) is 2. The van der Waals surface area contributed by atoms with Crippen LogP contribution < -0.4 is 5.73 Å². The number of nitrogens with two attached hydrogens (primary N) is 1. The van der Waals surface area contributed by atoms with Gasteiger partial charge in [0.25, 0.3) is 0 Å². The van der Waals surface area contributed by atoms with E-state index in [1.54, 1.807) is 18.2 Å². The predicted octanol–water partition coefficient (Wildman–Crippen LogP) is 2.40. The molecule has 1 aromatic carbocycles. The van der Waals surface area contributed by atoms with Gasteiger partial charge in [0.05, 0.1) is 5.56 Å². The Morgan fingerprint density at radius 2 is 2.29 bits per heavy atom. The highest BCUT2D eigenvalue weighted by Crippen LogP contribution is 2.22. The van der Waals surface area contributed by atoms with E-state index in [0.29, 0.717) is 5.56 Å². The molecule has 0 aliphatic carbocycles. The number of carboxylic acid groups (broad SMARTS) is 1. The van der Waals surface area contributed by atoms with Crippen LogP contribution in [-0.2, 0) is 0 Å². The fourth-order valence-corrected chi connectivity index (χ4v) is 1.92. The maximum absolute atomic E-state index is 10.7. The number of aromatic carboxylic acids is 1. The van der Waals surface area contributed by atoms with Crippen molar-refractivity contribution in [3.63, 3.8) is 0 Å². The van der Waals surface area contributed by atoms with Gasteiger partial charge in [0, 0.05) is 9.61 Å². The summed E-state index contributed by atoms with van der Waals surface area (Å²) in [5.74, 6) is -0.911. The van der Waals surface area contributed by atoms with Crippen LogP contribution in [0.5, 0.6) is 0 Å². The molecule has 0 fully saturated rings. The molecule has 0 radical (unpaired) electrons. The molecule has 3 N–H and O–H groups in total. The largest absolute Gasteiger partial charge is 0.478 e. The molecule has 4 heteroatoms. The molecule has 0 saturated carbocycles. The van der Waals surface area contributed by atoms with Gasteiger partial charge in [-0.05, 0) is 52.8 Å². The Morgan fingerprint density at radius 3 is 2.79 bits per heavy atom. The summed E-state index contributed by atoms with van der Waals surface area (Å²) in [5.41, 5.74) is 7.07. The van der Waals surface area contributed by atoms with Crippen LogP contribution in [-0.4, -0.2) is 11.1 Å². The first-order valence-corrected chi connectivity index (χ1v) is 5.42. The Hall–Kier alpha value is -0.620. The average molecular weight is 305 g/mol. The SMILES string of the molecule is CC[C@H](N)c1cc(C(=O)O)ccc1I. The lowest BCUT2D eigenvalue weighted by Gasteiger charge is -2.12. The van der Waals surface area contributed by atoms with Gasteiger partial charge < -0.3 is 10.8 Å². The van der Waals surface area contributed by atoms with Crippen LogP contribution in [0.15, 0.2) is 18.2 Å². The average Bonchev–Trinajstić information content (AvgIpc) is 2.17. The third-order valence-corrected chi connectivity index (χ3v) is 3.06. The molecule has 0 heterocycles. The maximum Gasteiger partial charge on any atom is 0.335 e. The second kappa shape index (κ2) is 4.75. The Labute approximate surface area is 96.4 Å². The monoisotopic (exact) mass is 305 g/mol. The van der Waals surface area contributed by atoms with Gasteiger partial charge in [-0.15, -0.1) is 0 Å². The van der Waals surface area contributed by atoms with Crippen molar-refractivity contribution in [2.24, 2.45) is 5.73 Å². The fraction of sp³-hybridized carbons (Fsp3) is 0.300. The number of rotatable bonds is 3. The smallest absolute Gasteiger partial charge is 0.335 e. The lowest BCUT2D eigenvalue weighted by molar-refractivity contribution is 0.0696. The molecule has 0 unspecified atom stereocenters. The number of halogens is 1. The number of carboxylic acids is 1. The van der Waals surface area contributed by atoms with Gasteiger partial charge in [0.15, 0.2) is 0 Å². The van der Waals surface area contributed by atoms with Gasteiger partial charge >= 0.3 is 5.97 Å². The maximum atomic E-state index is 10.7. The third-order valence-electron chi connectivity index (χ3n) is 2.08. The van der Waals surface area contributed by atoms with E-state index in [1.807, 2.05) is 6.92 Å². The molecule has 0 bridgehead atoms. The molecule has 0 saturated heterocycles. The third kappa shape index (κ3) is 2.45. The van der Waals surface area contributed by atoms with E-state index < -0.39 is 5.97 Å². The van der Waals surface area contributed by atoms with Crippen molar-refractivity contribution < 1.29 is 9.90 Å². The minimum atomic E-state index is -0.911. The van der Waals surface area contributed by atoms with Gasteiger partial charge in [-0.1, -0.05) is 6.92 Å². The molecule has 1 aromatic rings. The Balaban J connectivity index is 3.14. The van der Waals surface area contributed by atoms with Crippen molar-refractivity contribution in [1.82, 2.24) is 0 Å². The summed E-state index contributed by atoms with van der Waals surface area (Å²) in [6, 6.07) is 4.95. The van der Waals surface area contributed by atoms with Gasteiger partial charge in [0.1, 0.15) is 0 Å². The molecular weight excluding hydrogens is 293 g/mol. The molecule has 1 rings (SSSR count). The van der Waals surface area contributed by atoms with Crippen molar-refractivity contribution in [3.8, 4) is 0 Å². The zero-order valence-corrected chi connectivity index (χ0v) is 9.98. The van der Waals surface area contributed by atoms with Crippen LogP contribution in [0.1, 0.15) is 35.3 Å². The van der Waals surface area contributed by atoms with Crippen LogP contribution in [0.2, 0.25) is 0 Å². The fourth-order valence-electron chi connectivity index (χ4n) is 1.18. The topological polar surface area (TPSA) is 63.3 Å². The molecule has 0 amide bonds. The summed E-state index contributed by atoms with van der Waals surface area (Å²) >= 11 is 2.17. The lowest BCUT2D eigenvalue weighted by Crippen LogP contribution is -2.11. The first kappa shape index (κ1) is 11.5. The van der Waals surface area contributed by atoms with Crippen LogP contribution in [0.25, 0.3) is 0 Å². The zero-order valence-electron chi connectivity index (χ0n) is 7.83. The summed E-state index contributed by atoms with van der Waals surface area (Å²) in [6.45, 7) is 1.98. The second-order valence-electron chi connectivity index (χ2n) is 3.06. The van der Waals surface area contributed by atoms with Gasteiger partial charge in [-0.3, -0.25) is 0 Å². The van der Waals surface area contributed by atoms with Gasteiger partial charge in [-0.25, -0.2) is 4.79 Å². The highest BCUT2D eigenvalue weighted by molar-refractivity contribution is 14.1. The first-order valence-electron chi connectivity index (χ1n) is 4.34. The summed E-state index contributed by atoms with van der Waals surface area (Å²) < 4.78 is 1.02. The summed E-state index contributed by atoms with van der Waals surface area (Å²) in [6.07, 6.45) is 0.805. The normalized spacial score (nSPS) is 12.5. The van der Waals surface area contributed by atoms with Crippen molar-refractivity contribution >= 4 is 28.6 Å². The van der Waals surface area contributed by atoms with Gasteiger partial charge in [-0.2, -0.15) is 0 Å². The lowest BCUT2D eigenvalue weighted by atomic mass is 10.0. The van der Waals surface area contributed by atoms with E-state index in [9.17, 15) is 4.79 Å².